The highest BCUT2D eigenvalue weighted by atomic mass is 16.5. The maximum atomic E-state index is 12.6. The second kappa shape index (κ2) is 9.66. The molecule has 0 spiro atoms. The summed E-state index contributed by atoms with van der Waals surface area (Å²) >= 11 is 0. The first kappa shape index (κ1) is 24.1. The number of ether oxygens (including phenoxy) is 2. The van der Waals surface area contributed by atoms with E-state index in [9.17, 15) is 9.59 Å². The van der Waals surface area contributed by atoms with Crippen molar-refractivity contribution in [2.45, 2.75) is 51.5 Å². The maximum absolute atomic E-state index is 12.6. The van der Waals surface area contributed by atoms with Crippen molar-refractivity contribution in [3.8, 4) is 23.0 Å². The van der Waals surface area contributed by atoms with E-state index >= 15 is 0 Å². The van der Waals surface area contributed by atoms with Crippen LogP contribution in [0.3, 0.4) is 0 Å². The number of hydrogen-bond donors (Lipinski definition) is 1. The number of nitrogens with one attached hydrogen (secondary N) is 1. The molecular formula is C29H32N6O4. The second-order valence-electron chi connectivity index (χ2n) is 10.9. The summed E-state index contributed by atoms with van der Waals surface area (Å²) in [6.45, 7) is 4.32. The maximum Gasteiger partial charge on any atom is 0.309 e. The Hall–Kier alpha value is -3.95. The lowest BCUT2D eigenvalue weighted by atomic mass is 10.1. The van der Waals surface area contributed by atoms with Gasteiger partial charge in [-0.2, -0.15) is 4.98 Å². The zero-order valence-electron chi connectivity index (χ0n) is 22.1. The molecule has 3 aromatic rings. The van der Waals surface area contributed by atoms with E-state index < -0.39 is 0 Å². The molecule has 1 N–H and O–H groups in total. The number of nitrogens with zero attached hydrogens (tertiary/aromatic N) is 5. The Kier molecular flexibility index (Phi) is 5.97. The highest BCUT2D eigenvalue weighted by Gasteiger charge is 2.37. The number of likely N-dealkylation sites (tertiary alicyclic amines) is 1. The molecule has 1 saturated heterocycles. The van der Waals surface area contributed by atoms with Crippen LogP contribution in [0.2, 0.25) is 0 Å². The minimum atomic E-state index is -0.246. The molecule has 0 bridgehead atoms. The van der Waals surface area contributed by atoms with Gasteiger partial charge in [-0.05, 0) is 56.0 Å². The number of fused-ring (bicyclic) bond motifs is 2. The van der Waals surface area contributed by atoms with Crippen LogP contribution in [0.1, 0.15) is 43.1 Å². The summed E-state index contributed by atoms with van der Waals surface area (Å²) in [6, 6.07) is 8.17. The fourth-order valence-electron chi connectivity index (χ4n) is 6.00. The Morgan fingerprint density at radius 3 is 2.87 bits per heavy atom. The zero-order valence-corrected chi connectivity index (χ0v) is 22.1. The lowest BCUT2D eigenvalue weighted by molar-refractivity contribution is -0.147. The van der Waals surface area contributed by atoms with E-state index in [0.29, 0.717) is 44.4 Å². The van der Waals surface area contributed by atoms with Crippen LogP contribution < -0.4 is 10.1 Å². The van der Waals surface area contributed by atoms with Crippen molar-refractivity contribution < 1.29 is 19.1 Å². The van der Waals surface area contributed by atoms with E-state index in [1.807, 2.05) is 30.0 Å². The molecule has 39 heavy (non-hydrogen) atoms. The van der Waals surface area contributed by atoms with Crippen LogP contribution in [0.15, 0.2) is 30.5 Å². The summed E-state index contributed by atoms with van der Waals surface area (Å²) in [4.78, 5) is 41.5. The summed E-state index contributed by atoms with van der Waals surface area (Å²) < 4.78 is 13.1. The van der Waals surface area contributed by atoms with Gasteiger partial charge >= 0.3 is 5.97 Å². The van der Waals surface area contributed by atoms with Crippen LogP contribution in [0.4, 0.5) is 5.95 Å². The van der Waals surface area contributed by atoms with Crippen molar-refractivity contribution in [3.63, 3.8) is 0 Å². The van der Waals surface area contributed by atoms with Crippen molar-refractivity contribution in [3.05, 3.63) is 47.4 Å². The summed E-state index contributed by atoms with van der Waals surface area (Å²) in [7, 11) is 0. The standard InChI is InChI=1S/C29H32N6O4/c1-2-38-28(37)20-14-22-23(15-20)35(26(32-22)19-5-6-24-18(13-19)9-12-39-24)25-7-10-30-29(33-25)31-21-8-11-34(16-21)27(36)17-3-4-17/h5-7,10,13,17,20-21H,2-4,8-9,11-12,14-16H2,1H3,(H,30,31,33)/t20?,21-/m1/s1. The van der Waals surface area contributed by atoms with Crippen LogP contribution in [0, 0.1) is 11.8 Å². The van der Waals surface area contributed by atoms with Crippen molar-refractivity contribution in [1.29, 1.82) is 0 Å². The smallest absolute Gasteiger partial charge is 0.309 e. The van der Waals surface area contributed by atoms with Crippen molar-refractivity contribution in [2.24, 2.45) is 11.8 Å². The molecule has 1 amide bonds. The minimum absolute atomic E-state index is 0.112. The number of rotatable bonds is 7. The van der Waals surface area contributed by atoms with E-state index in [1.165, 1.54) is 5.56 Å². The lowest BCUT2D eigenvalue weighted by Gasteiger charge is -2.17. The van der Waals surface area contributed by atoms with Crippen molar-refractivity contribution in [1.82, 2.24) is 24.4 Å². The van der Waals surface area contributed by atoms with Crippen LogP contribution in [-0.2, 0) is 33.6 Å². The first-order valence-corrected chi connectivity index (χ1v) is 14.0. The number of imidazole rings is 1. The molecule has 10 heteroatoms. The molecule has 1 unspecified atom stereocenters. The number of esters is 1. The normalized spacial score (nSPS) is 21.4. The first-order chi connectivity index (χ1) is 19.1. The number of aromatic nitrogens is 4. The molecular weight excluding hydrogens is 496 g/mol. The van der Waals surface area contributed by atoms with Crippen LogP contribution >= 0.6 is 0 Å². The summed E-state index contributed by atoms with van der Waals surface area (Å²) in [6.07, 6.45) is 6.62. The molecule has 4 aliphatic rings. The first-order valence-electron chi connectivity index (χ1n) is 14.0. The third-order valence-electron chi connectivity index (χ3n) is 8.13. The Morgan fingerprint density at radius 2 is 2.03 bits per heavy atom. The Labute approximate surface area is 226 Å². The number of anilines is 1. The summed E-state index contributed by atoms with van der Waals surface area (Å²) in [5.74, 6) is 3.02. The number of amides is 1. The summed E-state index contributed by atoms with van der Waals surface area (Å²) in [5.41, 5.74) is 4.03. The number of benzene rings is 1. The monoisotopic (exact) mass is 528 g/mol. The Balaban J connectivity index is 1.20. The van der Waals surface area contributed by atoms with Crippen LogP contribution in [0.25, 0.3) is 17.2 Å². The predicted octanol–water partition coefficient (Wildman–Crippen LogP) is 2.96. The average Bonchev–Trinajstić information content (AvgIpc) is 3.26. The van der Waals surface area contributed by atoms with Gasteiger partial charge in [0.1, 0.15) is 17.4 Å². The fraction of sp³-hybridized carbons (Fsp3) is 0.483. The van der Waals surface area contributed by atoms with Gasteiger partial charge < -0.3 is 19.7 Å². The molecule has 2 fully saturated rings. The lowest BCUT2D eigenvalue weighted by Crippen LogP contribution is -2.32. The predicted molar refractivity (Wildman–Crippen MR) is 143 cm³/mol. The largest absolute Gasteiger partial charge is 0.493 e. The zero-order chi connectivity index (χ0) is 26.5. The quantitative estimate of drug-likeness (QED) is 0.466. The Bertz CT molecular complexity index is 1450. The van der Waals surface area contributed by atoms with Gasteiger partial charge in [0, 0.05) is 61.8 Å². The number of hydrogen-bond acceptors (Lipinski definition) is 8. The molecule has 4 heterocycles. The molecule has 202 valence electrons. The molecule has 2 aliphatic heterocycles. The van der Waals surface area contributed by atoms with Crippen molar-refractivity contribution >= 4 is 17.8 Å². The van der Waals surface area contributed by atoms with E-state index in [2.05, 4.69) is 20.9 Å². The van der Waals surface area contributed by atoms with Gasteiger partial charge in [-0.25, -0.2) is 9.97 Å². The van der Waals surface area contributed by atoms with Crippen LogP contribution in [0.5, 0.6) is 5.75 Å². The average molecular weight is 529 g/mol. The van der Waals surface area contributed by atoms with Gasteiger partial charge in [-0.15, -0.1) is 0 Å². The van der Waals surface area contributed by atoms with Gasteiger partial charge in [0.15, 0.2) is 0 Å². The van der Waals surface area contributed by atoms with E-state index in [-0.39, 0.29) is 29.8 Å². The molecule has 0 radical (unpaired) electrons. The molecule has 1 aromatic carbocycles. The number of carbonyl (C=O) groups is 2. The van der Waals surface area contributed by atoms with Gasteiger partial charge in [-0.1, -0.05) is 0 Å². The number of carbonyl (C=O) groups excluding carboxylic acids is 2. The van der Waals surface area contributed by atoms with Gasteiger partial charge in [-0.3, -0.25) is 14.2 Å². The molecule has 2 aromatic heterocycles. The van der Waals surface area contributed by atoms with Crippen LogP contribution in [-0.4, -0.2) is 68.6 Å². The van der Waals surface area contributed by atoms with E-state index in [1.54, 1.807) is 6.20 Å². The Morgan fingerprint density at radius 1 is 1.13 bits per heavy atom. The molecule has 2 atom stereocenters. The van der Waals surface area contributed by atoms with Gasteiger partial charge in [0.05, 0.1) is 24.8 Å². The highest BCUT2D eigenvalue weighted by Crippen LogP contribution is 2.37. The molecule has 10 nitrogen and oxygen atoms in total. The minimum Gasteiger partial charge on any atom is -0.493 e. The molecule has 7 rings (SSSR count). The fourth-order valence-corrected chi connectivity index (χ4v) is 6.00. The second-order valence-corrected chi connectivity index (χ2v) is 10.9. The van der Waals surface area contributed by atoms with E-state index in [4.69, 9.17) is 19.4 Å². The highest BCUT2D eigenvalue weighted by molar-refractivity contribution is 5.81. The van der Waals surface area contributed by atoms with Crippen molar-refractivity contribution in [2.75, 3.05) is 31.6 Å². The topological polar surface area (TPSA) is 111 Å². The summed E-state index contributed by atoms with van der Waals surface area (Å²) in [5, 5.41) is 3.45. The van der Waals surface area contributed by atoms with E-state index in [0.717, 1.165) is 60.8 Å². The van der Waals surface area contributed by atoms with Gasteiger partial charge in [0.2, 0.25) is 11.9 Å². The third kappa shape index (κ3) is 4.51. The molecule has 1 saturated carbocycles. The third-order valence-corrected chi connectivity index (χ3v) is 8.13. The molecule has 2 aliphatic carbocycles. The van der Waals surface area contributed by atoms with Gasteiger partial charge in [0.25, 0.3) is 0 Å². The SMILES string of the molecule is CCOC(=O)C1Cc2nc(-c3ccc4c(c3)CCO4)n(-c3ccnc(N[C@@H]4CCN(C(=O)C5CC5)C4)n3)c2C1.